The second kappa shape index (κ2) is 9.30. The second-order valence-electron chi connectivity index (χ2n) is 6.67. The highest BCUT2D eigenvalue weighted by atomic mass is 19.1. The third-order valence-electron chi connectivity index (χ3n) is 4.60. The zero-order chi connectivity index (χ0) is 19.9. The maximum Gasteiger partial charge on any atom is 0.359 e. The lowest BCUT2D eigenvalue weighted by Gasteiger charge is -2.17. The third kappa shape index (κ3) is 5.06. The number of benzene rings is 1. The number of hydrogen-bond acceptors (Lipinski definition) is 5. The summed E-state index contributed by atoms with van der Waals surface area (Å²) < 4.78 is 18.2. The van der Waals surface area contributed by atoms with E-state index in [1.54, 1.807) is 25.3 Å². The number of pyridine rings is 1. The Morgan fingerprint density at radius 3 is 2.75 bits per heavy atom. The molecule has 148 valence electrons. The molecule has 1 aliphatic rings. The highest BCUT2D eigenvalue weighted by molar-refractivity contribution is 5.93. The molecular weight excluding hydrogens is 361 g/mol. The van der Waals surface area contributed by atoms with Crippen molar-refractivity contribution in [2.45, 2.75) is 26.2 Å². The number of anilines is 1. The minimum Gasteiger partial charge on any atom is -0.461 e. The second-order valence-corrected chi connectivity index (χ2v) is 6.67. The molecule has 0 aliphatic carbocycles. The summed E-state index contributed by atoms with van der Waals surface area (Å²) >= 11 is 0. The lowest BCUT2D eigenvalue weighted by molar-refractivity contribution is -0.127. The van der Waals surface area contributed by atoms with Gasteiger partial charge in [0.05, 0.1) is 12.3 Å². The van der Waals surface area contributed by atoms with E-state index >= 15 is 0 Å². The van der Waals surface area contributed by atoms with Crippen LogP contribution in [0.2, 0.25) is 0 Å². The first kappa shape index (κ1) is 19.8. The van der Waals surface area contributed by atoms with Crippen LogP contribution in [-0.4, -0.2) is 48.0 Å². The maximum atomic E-state index is 13.1. The van der Waals surface area contributed by atoms with Crippen LogP contribution in [0.5, 0.6) is 0 Å². The van der Waals surface area contributed by atoms with E-state index < -0.39 is 5.97 Å². The molecule has 1 aliphatic heterocycles. The number of ether oxygens (including phenoxy) is 1. The Hall–Kier alpha value is -2.96. The van der Waals surface area contributed by atoms with Crippen molar-refractivity contribution in [2.75, 3.05) is 31.6 Å². The molecule has 28 heavy (non-hydrogen) atoms. The minimum absolute atomic E-state index is 0.163. The number of likely N-dealkylation sites (tertiary alicyclic amines) is 1. The molecule has 0 radical (unpaired) electrons. The Balaban J connectivity index is 1.73. The van der Waals surface area contributed by atoms with Gasteiger partial charge < -0.3 is 15.0 Å². The number of aromatic nitrogens is 1. The van der Waals surface area contributed by atoms with Crippen molar-refractivity contribution >= 4 is 17.6 Å². The zero-order valence-electron chi connectivity index (χ0n) is 15.9. The van der Waals surface area contributed by atoms with Gasteiger partial charge >= 0.3 is 5.97 Å². The Kier molecular flexibility index (Phi) is 6.57. The van der Waals surface area contributed by atoms with E-state index in [0.29, 0.717) is 31.6 Å². The molecule has 1 amide bonds. The van der Waals surface area contributed by atoms with Crippen molar-refractivity contribution in [3.63, 3.8) is 0 Å². The fourth-order valence-electron chi connectivity index (χ4n) is 3.21. The van der Waals surface area contributed by atoms with Gasteiger partial charge in [-0.25, -0.2) is 14.2 Å². The van der Waals surface area contributed by atoms with Crippen molar-refractivity contribution in [3.8, 4) is 0 Å². The first-order valence-electron chi connectivity index (χ1n) is 9.49. The molecule has 2 heterocycles. The summed E-state index contributed by atoms with van der Waals surface area (Å²) in [7, 11) is 0. The van der Waals surface area contributed by atoms with Crippen LogP contribution in [0.3, 0.4) is 0 Å². The van der Waals surface area contributed by atoms with Crippen LogP contribution >= 0.6 is 0 Å². The van der Waals surface area contributed by atoms with Gasteiger partial charge in [0.2, 0.25) is 5.91 Å². The summed E-state index contributed by atoms with van der Waals surface area (Å²) in [6, 6.07) is 8.14. The van der Waals surface area contributed by atoms with Gasteiger partial charge in [-0.1, -0.05) is 12.1 Å². The molecular formula is C21H24FN3O3. The van der Waals surface area contributed by atoms with Gasteiger partial charge in [0.25, 0.3) is 0 Å². The zero-order valence-corrected chi connectivity index (χ0v) is 15.9. The van der Waals surface area contributed by atoms with E-state index in [9.17, 15) is 14.0 Å². The smallest absolute Gasteiger partial charge is 0.359 e. The van der Waals surface area contributed by atoms with Crippen LogP contribution in [0.25, 0.3) is 0 Å². The molecule has 0 spiro atoms. The quantitative estimate of drug-likeness (QED) is 0.708. The molecule has 1 fully saturated rings. The molecule has 1 aromatic carbocycles. The number of carbonyl (C=O) groups excluding carboxylic acids is 2. The standard InChI is InChI=1S/C21H24FN3O3/c1-2-28-21(27)20-18(23-9-11-25-10-3-4-19(25)26)13-16(14-24-20)12-15-5-7-17(22)8-6-15/h5-8,13-14,23H,2-4,9-12H2,1H3. The first-order chi connectivity index (χ1) is 13.6. The summed E-state index contributed by atoms with van der Waals surface area (Å²) in [5.41, 5.74) is 2.63. The largest absolute Gasteiger partial charge is 0.461 e. The van der Waals surface area contributed by atoms with Crippen LogP contribution in [0.1, 0.15) is 41.4 Å². The maximum absolute atomic E-state index is 13.1. The fourth-order valence-corrected chi connectivity index (χ4v) is 3.21. The highest BCUT2D eigenvalue weighted by Crippen LogP contribution is 2.19. The molecule has 0 unspecified atom stereocenters. The van der Waals surface area contributed by atoms with Gasteiger partial charge in [-0.05, 0) is 49.1 Å². The molecule has 1 saturated heterocycles. The van der Waals surface area contributed by atoms with Crippen molar-refractivity contribution in [2.24, 2.45) is 0 Å². The molecule has 0 saturated carbocycles. The molecule has 1 aromatic heterocycles. The lowest BCUT2D eigenvalue weighted by Crippen LogP contribution is -2.30. The summed E-state index contributed by atoms with van der Waals surface area (Å²) in [6.07, 6.45) is 3.69. The van der Waals surface area contributed by atoms with Gasteiger partial charge in [0.1, 0.15) is 5.82 Å². The normalized spacial score (nSPS) is 13.6. The van der Waals surface area contributed by atoms with E-state index in [0.717, 1.165) is 24.1 Å². The Morgan fingerprint density at radius 1 is 1.29 bits per heavy atom. The third-order valence-corrected chi connectivity index (χ3v) is 4.60. The van der Waals surface area contributed by atoms with E-state index in [1.807, 2.05) is 11.0 Å². The van der Waals surface area contributed by atoms with E-state index in [2.05, 4.69) is 10.3 Å². The molecule has 6 nitrogen and oxygen atoms in total. The summed E-state index contributed by atoms with van der Waals surface area (Å²) in [4.78, 5) is 30.1. The van der Waals surface area contributed by atoms with Crippen LogP contribution in [0, 0.1) is 5.82 Å². The van der Waals surface area contributed by atoms with Crippen molar-refractivity contribution in [3.05, 3.63) is 59.2 Å². The SMILES string of the molecule is CCOC(=O)c1ncc(Cc2ccc(F)cc2)cc1NCCN1CCCC1=O. The van der Waals surface area contributed by atoms with Crippen LogP contribution in [-0.2, 0) is 16.0 Å². The minimum atomic E-state index is -0.490. The number of esters is 1. The number of amides is 1. The van der Waals surface area contributed by atoms with Gasteiger partial charge in [0, 0.05) is 32.3 Å². The number of hydrogen-bond donors (Lipinski definition) is 1. The van der Waals surface area contributed by atoms with E-state index in [-0.39, 0.29) is 24.0 Å². The monoisotopic (exact) mass is 385 g/mol. The highest BCUT2D eigenvalue weighted by Gasteiger charge is 2.20. The van der Waals surface area contributed by atoms with Crippen LogP contribution in [0.15, 0.2) is 36.5 Å². The number of rotatable bonds is 8. The average Bonchev–Trinajstić information content (AvgIpc) is 3.09. The van der Waals surface area contributed by atoms with E-state index in [1.165, 1.54) is 12.1 Å². The van der Waals surface area contributed by atoms with Crippen molar-refractivity contribution in [1.82, 2.24) is 9.88 Å². The van der Waals surface area contributed by atoms with E-state index in [4.69, 9.17) is 4.74 Å². The van der Waals surface area contributed by atoms with Gasteiger partial charge in [-0.15, -0.1) is 0 Å². The molecule has 1 N–H and O–H groups in total. The summed E-state index contributed by atoms with van der Waals surface area (Å²) in [5.74, 6) is -0.607. The van der Waals surface area contributed by atoms with Gasteiger partial charge in [0.15, 0.2) is 5.69 Å². The van der Waals surface area contributed by atoms with Crippen LogP contribution in [0.4, 0.5) is 10.1 Å². The van der Waals surface area contributed by atoms with Gasteiger partial charge in [-0.3, -0.25) is 4.79 Å². The number of carbonyl (C=O) groups is 2. The predicted octanol–water partition coefficient (Wildman–Crippen LogP) is 3.02. The van der Waals surface area contributed by atoms with Crippen molar-refractivity contribution < 1.29 is 18.7 Å². The number of nitrogens with zero attached hydrogens (tertiary/aromatic N) is 2. The number of nitrogens with one attached hydrogen (secondary N) is 1. The molecule has 2 aromatic rings. The topological polar surface area (TPSA) is 71.5 Å². The van der Waals surface area contributed by atoms with Gasteiger partial charge in [-0.2, -0.15) is 0 Å². The Labute approximate surface area is 163 Å². The van der Waals surface area contributed by atoms with Crippen LogP contribution < -0.4 is 5.32 Å². The summed E-state index contributed by atoms with van der Waals surface area (Å²) in [5, 5.41) is 3.22. The molecule has 0 atom stereocenters. The molecule has 7 heteroatoms. The fraction of sp³-hybridized carbons (Fsp3) is 0.381. The Bertz CT molecular complexity index is 839. The van der Waals surface area contributed by atoms with Crippen molar-refractivity contribution in [1.29, 1.82) is 0 Å². The average molecular weight is 385 g/mol. The number of halogens is 1. The molecule has 3 rings (SSSR count). The molecule has 0 bridgehead atoms. The predicted molar refractivity (Wildman–Crippen MR) is 104 cm³/mol. The summed E-state index contributed by atoms with van der Waals surface area (Å²) in [6.45, 7) is 3.86. The Morgan fingerprint density at radius 2 is 2.07 bits per heavy atom. The lowest BCUT2D eigenvalue weighted by atomic mass is 10.1. The first-order valence-corrected chi connectivity index (χ1v) is 9.49.